The molecule has 8 nitrogen and oxygen atoms in total. The molecule has 0 aliphatic carbocycles. The van der Waals surface area contributed by atoms with E-state index in [1.807, 2.05) is 12.1 Å². The molecule has 1 aromatic carbocycles. The van der Waals surface area contributed by atoms with Crippen molar-refractivity contribution in [2.45, 2.75) is 33.2 Å². The lowest BCUT2D eigenvalue weighted by Crippen LogP contribution is -2.22. The molecule has 140 valence electrons. The van der Waals surface area contributed by atoms with E-state index in [2.05, 4.69) is 44.4 Å². The fourth-order valence-electron chi connectivity index (χ4n) is 2.52. The number of aromatic amines is 1. The van der Waals surface area contributed by atoms with Gasteiger partial charge in [-0.2, -0.15) is 0 Å². The molecule has 2 amide bonds. The second-order valence-corrected chi connectivity index (χ2v) is 6.68. The van der Waals surface area contributed by atoms with Crippen LogP contribution in [0.1, 0.15) is 42.6 Å². The number of anilines is 1. The van der Waals surface area contributed by atoms with Crippen LogP contribution in [0.25, 0.3) is 11.2 Å². The van der Waals surface area contributed by atoms with Crippen molar-refractivity contribution in [2.75, 3.05) is 5.32 Å². The number of hydrogen-bond donors (Lipinski definition) is 3. The topological polar surface area (TPSA) is 113 Å². The zero-order valence-electron chi connectivity index (χ0n) is 15.3. The van der Waals surface area contributed by atoms with Gasteiger partial charge in [0.05, 0.1) is 6.33 Å². The van der Waals surface area contributed by atoms with Gasteiger partial charge in [0.25, 0.3) is 5.91 Å². The van der Waals surface area contributed by atoms with Crippen LogP contribution >= 0.6 is 0 Å². The third-order valence-electron chi connectivity index (χ3n) is 4.10. The van der Waals surface area contributed by atoms with Crippen LogP contribution in [-0.4, -0.2) is 31.8 Å². The maximum atomic E-state index is 12.4. The van der Waals surface area contributed by atoms with Gasteiger partial charge in [-0.05, 0) is 30.0 Å². The number of nitrogens with zero attached hydrogens (tertiary/aromatic N) is 3. The molecule has 0 fully saturated rings. The second kappa shape index (κ2) is 8.39. The summed E-state index contributed by atoms with van der Waals surface area (Å²) in [6.45, 7) is 4.63. The van der Waals surface area contributed by atoms with E-state index in [1.165, 1.54) is 12.7 Å². The Bertz CT molecular complexity index is 933. The molecular weight excluding hydrogens is 344 g/mol. The van der Waals surface area contributed by atoms with E-state index >= 15 is 0 Å². The number of fused-ring (bicyclic) bond motifs is 1. The highest BCUT2D eigenvalue weighted by Gasteiger charge is 2.11. The number of carbonyl (C=O) groups is 2. The third-order valence-corrected chi connectivity index (χ3v) is 4.10. The Labute approximate surface area is 156 Å². The van der Waals surface area contributed by atoms with Gasteiger partial charge in [0, 0.05) is 18.5 Å². The number of aromatic nitrogens is 4. The van der Waals surface area contributed by atoms with Crippen LogP contribution in [0, 0.1) is 5.92 Å². The minimum Gasteiger partial charge on any atom is -0.352 e. The van der Waals surface area contributed by atoms with Gasteiger partial charge in [0.2, 0.25) is 5.91 Å². The Morgan fingerprint density at radius 3 is 2.63 bits per heavy atom. The number of amides is 2. The Morgan fingerprint density at radius 2 is 1.89 bits per heavy atom. The molecule has 0 saturated carbocycles. The molecule has 3 aromatic rings. The molecule has 3 N–H and O–H groups in total. The van der Waals surface area contributed by atoms with Crippen LogP contribution in [0.2, 0.25) is 0 Å². The van der Waals surface area contributed by atoms with E-state index < -0.39 is 0 Å². The largest absolute Gasteiger partial charge is 0.352 e. The molecule has 3 rings (SSSR count). The monoisotopic (exact) mass is 366 g/mol. The Hall–Kier alpha value is -3.29. The molecule has 0 saturated heterocycles. The van der Waals surface area contributed by atoms with E-state index in [9.17, 15) is 9.59 Å². The van der Waals surface area contributed by atoms with Gasteiger partial charge in [-0.1, -0.05) is 26.0 Å². The zero-order valence-corrected chi connectivity index (χ0v) is 15.3. The van der Waals surface area contributed by atoms with Crippen LogP contribution in [0.3, 0.4) is 0 Å². The van der Waals surface area contributed by atoms with E-state index in [0.717, 1.165) is 12.0 Å². The molecule has 2 heterocycles. The normalized spacial score (nSPS) is 10.9. The van der Waals surface area contributed by atoms with E-state index in [0.29, 0.717) is 41.4 Å². The predicted molar refractivity (Wildman–Crippen MR) is 102 cm³/mol. The molecule has 0 aliphatic heterocycles. The molecule has 2 aromatic heterocycles. The van der Waals surface area contributed by atoms with Crippen molar-refractivity contribution < 1.29 is 9.59 Å². The number of nitrogens with one attached hydrogen (secondary N) is 3. The zero-order chi connectivity index (χ0) is 19.2. The molecule has 0 unspecified atom stereocenters. The average molecular weight is 366 g/mol. The van der Waals surface area contributed by atoms with Crippen LogP contribution in [0.15, 0.2) is 36.9 Å². The van der Waals surface area contributed by atoms with Crippen LogP contribution in [-0.2, 0) is 11.3 Å². The van der Waals surface area contributed by atoms with Crippen molar-refractivity contribution in [1.29, 1.82) is 0 Å². The minimum absolute atomic E-state index is 0.0392. The summed E-state index contributed by atoms with van der Waals surface area (Å²) in [5.41, 5.74) is 2.49. The predicted octanol–water partition coefficient (Wildman–Crippen LogP) is 2.66. The van der Waals surface area contributed by atoms with Crippen molar-refractivity contribution in [1.82, 2.24) is 25.3 Å². The summed E-state index contributed by atoms with van der Waals surface area (Å²) >= 11 is 0. The molecule has 0 atom stereocenters. The first-order valence-corrected chi connectivity index (χ1v) is 8.84. The summed E-state index contributed by atoms with van der Waals surface area (Å²) in [5, 5.41) is 5.63. The van der Waals surface area contributed by atoms with Gasteiger partial charge in [-0.15, -0.1) is 0 Å². The lowest BCUT2D eigenvalue weighted by atomic mass is 10.1. The van der Waals surface area contributed by atoms with Gasteiger partial charge in [-0.25, -0.2) is 15.0 Å². The fourth-order valence-corrected chi connectivity index (χ4v) is 2.52. The van der Waals surface area contributed by atoms with E-state index in [-0.39, 0.29) is 11.8 Å². The summed E-state index contributed by atoms with van der Waals surface area (Å²) in [6.07, 6.45) is 4.26. The highest BCUT2D eigenvalue weighted by Crippen LogP contribution is 2.16. The number of rotatable bonds is 7. The standard InChI is InChI=1S/C19H22N6O2/c1-12(2)3-8-15(26)20-9-13-4-6-14(7-5-13)19(27)25-18-16-17(22-10-21-16)23-11-24-18/h4-7,10-12H,3,8-9H2,1-2H3,(H,20,26)(H2,21,22,23,24,25,27). The summed E-state index contributed by atoms with van der Waals surface area (Å²) in [4.78, 5) is 39.3. The van der Waals surface area contributed by atoms with Gasteiger partial charge < -0.3 is 15.6 Å². The smallest absolute Gasteiger partial charge is 0.256 e. The van der Waals surface area contributed by atoms with Crippen molar-refractivity contribution in [3.63, 3.8) is 0 Å². The number of H-pyrrole nitrogens is 1. The molecule has 8 heteroatoms. The lowest BCUT2D eigenvalue weighted by molar-refractivity contribution is -0.121. The summed E-state index contributed by atoms with van der Waals surface area (Å²) in [5.74, 6) is 0.613. The van der Waals surface area contributed by atoms with Crippen LogP contribution in [0.4, 0.5) is 5.82 Å². The maximum Gasteiger partial charge on any atom is 0.256 e. The average Bonchev–Trinajstić information content (AvgIpc) is 3.15. The molecule has 0 aliphatic rings. The molecular formula is C19H22N6O2. The highest BCUT2D eigenvalue weighted by atomic mass is 16.2. The van der Waals surface area contributed by atoms with Crippen molar-refractivity contribution >= 4 is 28.8 Å². The molecule has 0 bridgehead atoms. The summed E-state index contributed by atoms with van der Waals surface area (Å²) in [6, 6.07) is 7.07. The first-order chi connectivity index (χ1) is 13.0. The van der Waals surface area contributed by atoms with E-state index in [1.54, 1.807) is 12.1 Å². The second-order valence-electron chi connectivity index (χ2n) is 6.68. The van der Waals surface area contributed by atoms with Crippen molar-refractivity contribution in [3.05, 3.63) is 48.0 Å². The van der Waals surface area contributed by atoms with Crippen LogP contribution in [0.5, 0.6) is 0 Å². The molecule has 0 radical (unpaired) electrons. The fraction of sp³-hybridized carbons (Fsp3) is 0.316. The van der Waals surface area contributed by atoms with Gasteiger partial charge in [0.15, 0.2) is 17.0 Å². The molecule has 27 heavy (non-hydrogen) atoms. The molecule has 0 spiro atoms. The van der Waals surface area contributed by atoms with Crippen LogP contribution < -0.4 is 10.6 Å². The summed E-state index contributed by atoms with van der Waals surface area (Å²) < 4.78 is 0. The highest BCUT2D eigenvalue weighted by molar-refractivity contribution is 6.06. The first kappa shape index (κ1) is 18.5. The summed E-state index contributed by atoms with van der Waals surface area (Å²) in [7, 11) is 0. The Kier molecular flexibility index (Phi) is 5.75. The number of imidazole rings is 1. The number of benzene rings is 1. The Balaban J connectivity index is 1.57. The van der Waals surface area contributed by atoms with Gasteiger partial charge in [0.1, 0.15) is 6.33 Å². The van der Waals surface area contributed by atoms with Crippen molar-refractivity contribution in [2.24, 2.45) is 5.92 Å². The maximum absolute atomic E-state index is 12.4. The SMILES string of the molecule is CC(C)CCC(=O)NCc1ccc(C(=O)Nc2ncnc3[nH]cnc23)cc1. The lowest BCUT2D eigenvalue weighted by Gasteiger charge is -2.08. The van der Waals surface area contributed by atoms with Gasteiger partial charge in [-0.3, -0.25) is 9.59 Å². The quantitative estimate of drug-likeness (QED) is 0.595. The first-order valence-electron chi connectivity index (χ1n) is 8.84. The number of carbonyl (C=O) groups excluding carboxylic acids is 2. The third kappa shape index (κ3) is 4.87. The van der Waals surface area contributed by atoms with E-state index in [4.69, 9.17) is 0 Å². The Morgan fingerprint density at radius 1 is 1.11 bits per heavy atom. The number of hydrogen-bond acceptors (Lipinski definition) is 5. The van der Waals surface area contributed by atoms with Crippen molar-refractivity contribution in [3.8, 4) is 0 Å². The van der Waals surface area contributed by atoms with Gasteiger partial charge >= 0.3 is 0 Å². The minimum atomic E-state index is -0.287.